The summed E-state index contributed by atoms with van der Waals surface area (Å²) in [7, 11) is 3.88. The van der Waals surface area contributed by atoms with Gasteiger partial charge in [-0.1, -0.05) is 23.8 Å². The summed E-state index contributed by atoms with van der Waals surface area (Å²) in [5.41, 5.74) is 4.70. The molecule has 0 atom stereocenters. The van der Waals surface area contributed by atoms with Crippen LogP contribution in [0.15, 0.2) is 36.5 Å². The van der Waals surface area contributed by atoms with Gasteiger partial charge in [0, 0.05) is 25.0 Å². The Bertz CT molecular complexity index is 1050. The van der Waals surface area contributed by atoms with Crippen LogP contribution in [0.25, 0.3) is 5.52 Å². The normalized spacial score (nSPS) is 11.1. The van der Waals surface area contributed by atoms with Gasteiger partial charge in [-0.3, -0.25) is 14.0 Å². The molecule has 2 aromatic heterocycles. The number of nitrogens with one attached hydrogen (secondary N) is 2. The number of hydrogen-bond acceptors (Lipinski definition) is 4. The highest BCUT2D eigenvalue weighted by Crippen LogP contribution is 2.23. The van der Waals surface area contributed by atoms with Gasteiger partial charge in [-0.05, 0) is 58.1 Å². The number of likely N-dealkylation sites (N-methyl/N-ethyl adjacent to an activating group) is 1. The maximum atomic E-state index is 13.0. The van der Waals surface area contributed by atoms with Crippen LogP contribution in [-0.4, -0.2) is 53.3 Å². The van der Waals surface area contributed by atoms with E-state index in [1.54, 1.807) is 22.7 Å². The molecule has 0 saturated heterocycles. The fourth-order valence-electron chi connectivity index (χ4n) is 3.39. The van der Waals surface area contributed by atoms with Crippen LogP contribution in [0.5, 0.6) is 0 Å². The number of pyridine rings is 1. The largest absolute Gasteiger partial charge is 0.348 e. The summed E-state index contributed by atoms with van der Waals surface area (Å²) in [6.07, 6.45) is 1.74. The highest BCUT2D eigenvalue weighted by Gasteiger charge is 2.22. The van der Waals surface area contributed by atoms with Gasteiger partial charge in [0.2, 0.25) is 5.82 Å². The summed E-state index contributed by atoms with van der Waals surface area (Å²) in [4.78, 5) is 32.0. The number of carbonyl (C=O) groups excluding carboxylic acids is 2. The number of hydrogen-bond donors (Lipinski definition) is 2. The van der Waals surface area contributed by atoms with Crippen LogP contribution in [0, 0.1) is 20.8 Å². The van der Waals surface area contributed by atoms with Crippen molar-refractivity contribution in [3.63, 3.8) is 0 Å². The van der Waals surface area contributed by atoms with Gasteiger partial charge in [0.25, 0.3) is 11.8 Å². The Hall–Kier alpha value is -3.19. The highest BCUT2D eigenvalue weighted by molar-refractivity contribution is 6.09. The first-order chi connectivity index (χ1) is 13.8. The van der Waals surface area contributed by atoms with Gasteiger partial charge in [-0.2, -0.15) is 0 Å². The third-order valence-electron chi connectivity index (χ3n) is 4.73. The summed E-state index contributed by atoms with van der Waals surface area (Å²) >= 11 is 0. The average Bonchev–Trinajstić information content (AvgIpc) is 3.04. The zero-order valence-electron chi connectivity index (χ0n) is 17.5. The van der Waals surface area contributed by atoms with Gasteiger partial charge in [0.05, 0.1) is 5.52 Å². The second-order valence-electron chi connectivity index (χ2n) is 7.53. The molecule has 0 bridgehead atoms. The van der Waals surface area contributed by atoms with E-state index in [-0.39, 0.29) is 23.3 Å². The molecular formula is C22H27N5O2. The lowest BCUT2D eigenvalue weighted by molar-refractivity contribution is 0.0940. The second kappa shape index (κ2) is 8.45. The second-order valence-corrected chi connectivity index (χ2v) is 7.53. The van der Waals surface area contributed by atoms with Crippen molar-refractivity contribution < 1.29 is 9.59 Å². The molecule has 0 saturated carbocycles. The molecule has 2 heterocycles. The van der Waals surface area contributed by atoms with E-state index in [9.17, 15) is 9.59 Å². The predicted octanol–water partition coefficient (Wildman–Crippen LogP) is 2.80. The van der Waals surface area contributed by atoms with Gasteiger partial charge in [0.1, 0.15) is 0 Å². The van der Waals surface area contributed by atoms with Crippen molar-refractivity contribution in [2.75, 3.05) is 32.5 Å². The molecule has 7 heteroatoms. The highest BCUT2D eigenvalue weighted by atomic mass is 16.2. The molecule has 7 nitrogen and oxygen atoms in total. The zero-order valence-corrected chi connectivity index (χ0v) is 17.5. The van der Waals surface area contributed by atoms with Crippen molar-refractivity contribution in [3.05, 3.63) is 64.7 Å². The van der Waals surface area contributed by atoms with Crippen LogP contribution in [0.1, 0.15) is 37.8 Å². The molecule has 1 aromatic carbocycles. The van der Waals surface area contributed by atoms with Gasteiger partial charge in [0.15, 0.2) is 5.69 Å². The lowest BCUT2D eigenvalue weighted by Crippen LogP contribution is -2.32. The number of imidazole rings is 1. The molecule has 2 amide bonds. The third-order valence-corrected chi connectivity index (χ3v) is 4.73. The summed E-state index contributed by atoms with van der Waals surface area (Å²) in [5.74, 6) is -0.451. The van der Waals surface area contributed by atoms with E-state index in [1.165, 1.54) is 0 Å². The van der Waals surface area contributed by atoms with Crippen molar-refractivity contribution in [3.8, 4) is 0 Å². The number of anilines is 1. The minimum atomic E-state index is -0.337. The maximum Gasteiger partial charge on any atom is 0.287 e. The Morgan fingerprint density at radius 2 is 1.76 bits per heavy atom. The molecule has 29 heavy (non-hydrogen) atoms. The molecule has 0 aliphatic heterocycles. The van der Waals surface area contributed by atoms with Crippen molar-refractivity contribution >= 4 is 23.0 Å². The smallest absolute Gasteiger partial charge is 0.287 e. The Labute approximate surface area is 170 Å². The van der Waals surface area contributed by atoms with Crippen LogP contribution in [0.4, 0.5) is 5.69 Å². The Morgan fingerprint density at radius 1 is 1.07 bits per heavy atom. The monoisotopic (exact) mass is 393 g/mol. The average molecular weight is 393 g/mol. The minimum Gasteiger partial charge on any atom is -0.348 e. The van der Waals surface area contributed by atoms with Gasteiger partial charge in [-0.15, -0.1) is 0 Å². The van der Waals surface area contributed by atoms with Crippen LogP contribution in [-0.2, 0) is 0 Å². The quantitative estimate of drug-likeness (QED) is 0.675. The first-order valence-corrected chi connectivity index (χ1v) is 9.57. The SMILES string of the molecule is Cc1cc(C)c(NC(=O)c2nc(C(=O)NCCN(C)C)n3ccccc23)c(C)c1. The summed E-state index contributed by atoms with van der Waals surface area (Å²) in [5, 5.41) is 5.82. The molecule has 0 radical (unpaired) electrons. The molecule has 0 fully saturated rings. The Balaban J connectivity index is 1.92. The standard InChI is InChI=1S/C22H27N5O2/c1-14-12-15(2)18(16(3)13-14)25-21(28)19-17-8-6-7-10-27(17)20(24-19)22(29)23-9-11-26(4)5/h6-8,10,12-13H,9,11H2,1-5H3,(H,23,29)(H,25,28). The topological polar surface area (TPSA) is 78.7 Å². The van der Waals surface area contributed by atoms with Gasteiger partial charge >= 0.3 is 0 Å². The first-order valence-electron chi connectivity index (χ1n) is 9.57. The van der Waals surface area contributed by atoms with Crippen molar-refractivity contribution in [1.29, 1.82) is 0 Å². The molecule has 0 aliphatic rings. The molecule has 3 aromatic rings. The lowest BCUT2D eigenvalue weighted by atomic mass is 10.0. The van der Waals surface area contributed by atoms with Crippen molar-refractivity contribution in [1.82, 2.24) is 19.6 Å². The number of aromatic nitrogens is 2. The predicted molar refractivity (Wildman–Crippen MR) is 115 cm³/mol. The van der Waals surface area contributed by atoms with E-state index in [2.05, 4.69) is 15.6 Å². The van der Waals surface area contributed by atoms with E-state index in [1.807, 2.05) is 58.0 Å². The van der Waals surface area contributed by atoms with Crippen molar-refractivity contribution in [2.45, 2.75) is 20.8 Å². The molecule has 0 aliphatic carbocycles. The number of fused-ring (bicyclic) bond motifs is 1. The zero-order chi connectivity index (χ0) is 21.1. The molecular weight excluding hydrogens is 366 g/mol. The molecule has 0 unspecified atom stereocenters. The Morgan fingerprint density at radius 3 is 2.41 bits per heavy atom. The number of rotatable bonds is 6. The van der Waals surface area contributed by atoms with Crippen LogP contribution in [0.3, 0.4) is 0 Å². The van der Waals surface area contributed by atoms with E-state index >= 15 is 0 Å². The van der Waals surface area contributed by atoms with Crippen molar-refractivity contribution in [2.24, 2.45) is 0 Å². The number of amides is 2. The first kappa shape index (κ1) is 20.5. The van der Waals surface area contributed by atoms with Crippen LogP contribution < -0.4 is 10.6 Å². The van der Waals surface area contributed by atoms with E-state index in [0.717, 1.165) is 22.4 Å². The molecule has 152 valence electrons. The van der Waals surface area contributed by atoms with E-state index in [4.69, 9.17) is 0 Å². The number of benzene rings is 1. The number of aryl methyl sites for hydroxylation is 3. The summed E-state index contributed by atoms with van der Waals surface area (Å²) < 4.78 is 1.65. The van der Waals surface area contributed by atoms with Gasteiger partial charge < -0.3 is 15.5 Å². The lowest BCUT2D eigenvalue weighted by Gasteiger charge is -2.12. The van der Waals surface area contributed by atoms with Crippen LogP contribution >= 0.6 is 0 Å². The summed E-state index contributed by atoms with van der Waals surface area (Å²) in [6.45, 7) is 7.16. The number of nitrogens with zero attached hydrogens (tertiary/aromatic N) is 3. The third kappa shape index (κ3) is 4.46. The number of carbonyl (C=O) groups is 2. The maximum absolute atomic E-state index is 13.0. The van der Waals surface area contributed by atoms with Crippen LogP contribution in [0.2, 0.25) is 0 Å². The molecule has 3 rings (SSSR count). The minimum absolute atomic E-state index is 0.196. The molecule has 2 N–H and O–H groups in total. The van der Waals surface area contributed by atoms with E-state index < -0.39 is 0 Å². The fraction of sp³-hybridized carbons (Fsp3) is 0.318. The van der Waals surface area contributed by atoms with Gasteiger partial charge in [-0.25, -0.2) is 4.98 Å². The Kier molecular flexibility index (Phi) is 5.98. The van der Waals surface area contributed by atoms with E-state index in [0.29, 0.717) is 18.6 Å². The molecule has 0 spiro atoms. The fourth-order valence-corrected chi connectivity index (χ4v) is 3.39. The summed E-state index contributed by atoms with van der Waals surface area (Å²) in [6, 6.07) is 9.47.